The molecule has 4 rings (SSSR count). The van der Waals surface area contributed by atoms with E-state index in [0.29, 0.717) is 22.1 Å². The first-order valence-electron chi connectivity index (χ1n) is 9.38. The number of carbonyl (C=O) groups is 1. The van der Waals surface area contributed by atoms with Crippen molar-refractivity contribution >= 4 is 33.8 Å². The number of aliphatic hydroxyl groups excluding tert-OH is 1. The fourth-order valence-corrected chi connectivity index (χ4v) is 3.72. The molecule has 0 saturated carbocycles. The van der Waals surface area contributed by atoms with Crippen LogP contribution in [-0.2, 0) is 0 Å². The zero-order chi connectivity index (χ0) is 21.8. The first-order chi connectivity index (χ1) is 15.0. The van der Waals surface area contributed by atoms with Crippen molar-refractivity contribution in [3.8, 4) is 17.0 Å². The van der Waals surface area contributed by atoms with Gasteiger partial charge in [-0.2, -0.15) is 0 Å². The number of phenolic OH excluding ortho intramolecular Hbond substituents is 1. The van der Waals surface area contributed by atoms with Crippen LogP contribution in [0.25, 0.3) is 11.3 Å². The molecule has 0 fully saturated rings. The summed E-state index contributed by atoms with van der Waals surface area (Å²) in [5.41, 5.74) is 3.41. The molecule has 0 spiro atoms. The van der Waals surface area contributed by atoms with E-state index in [0.717, 1.165) is 11.3 Å². The maximum absolute atomic E-state index is 12.4. The molecule has 0 aliphatic heterocycles. The number of phenols is 1. The first kappa shape index (κ1) is 20.5. The number of amides is 1. The Labute approximate surface area is 182 Å². The minimum Gasteiger partial charge on any atom is -0.507 e. The summed E-state index contributed by atoms with van der Waals surface area (Å²) in [4.78, 5) is 16.9. The van der Waals surface area contributed by atoms with E-state index in [2.05, 4.69) is 15.6 Å². The second-order valence-corrected chi connectivity index (χ2v) is 7.57. The topological polar surface area (TPSA) is 115 Å². The van der Waals surface area contributed by atoms with E-state index in [1.807, 2.05) is 47.8 Å². The van der Waals surface area contributed by atoms with Gasteiger partial charge in [-0.25, -0.2) is 4.98 Å². The van der Waals surface area contributed by atoms with Gasteiger partial charge < -0.3 is 26.0 Å². The Morgan fingerprint density at radius 3 is 2.48 bits per heavy atom. The lowest BCUT2D eigenvalue weighted by atomic mass is 10.1. The van der Waals surface area contributed by atoms with Crippen LogP contribution in [-0.4, -0.2) is 26.2 Å². The molecule has 0 saturated heterocycles. The number of aromatic nitrogens is 1. The van der Waals surface area contributed by atoms with Crippen molar-refractivity contribution in [2.75, 3.05) is 10.6 Å². The lowest BCUT2D eigenvalue weighted by Gasteiger charge is -2.09. The number of nitrogens with one attached hydrogen (secondary N) is 2. The molecule has 0 atom stereocenters. The highest BCUT2D eigenvalue weighted by Crippen LogP contribution is 2.31. The number of thiazole rings is 1. The number of aliphatic hydroxyl groups is 2. The number of carbonyl (C=O) groups excluding carboxylic acids is 1. The van der Waals surface area contributed by atoms with Crippen molar-refractivity contribution in [3.05, 3.63) is 89.3 Å². The van der Waals surface area contributed by atoms with E-state index in [1.165, 1.54) is 23.5 Å². The van der Waals surface area contributed by atoms with E-state index in [-0.39, 0.29) is 17.2 Å². The zero-order valence-corrected chi connectivity index (χ0v) is 17.0. The van der Waals surface area contributed by atoms with E-state index in [9.17, 15) is 20.1 Å². The molecule has 0 aliphatic rings. The molecule has 0 unspecified atom stereocenters. The van der Waals surface area contributed by atoms with Crippen LogP contribution in [0.1, 0.15) is 22.2 Å². The van der Waals surface area contributed by atoms with Gasteiger partial charge in [0.25, 0.3) is 5.91 Å². The van der Waals surface area contributed by atoms with E-state index in [1.54, 1.807) is 18.2 Å². The summed E-state index contributed by atoms with van der Waals surface area (Å²) in [6, 6.07) is 20.9. The van der Waals surface area contributed by atoms with Crippen LogP contribution in [0.4, 0.5) is 16.5 Å². The number of hydrogen-bond acceptors (Lipinski definition) is 7. The van der Waals surface area contributed by atoms with Crippen LogP contribution in [0.2, 0.25) is 0 Å². The maximum atomic E-state index is 12.4. The third-order valence-corrected chi connectivity index (χ3v) is 5.27. The van der Waals surface area contributed by atoms with Gasteiger partial charge in [-0.15, -0.1) is 11.3 Å². The molecule has 1 aromatic heterocycles. The fraction of sp³-hybridized carbons (Fsp3) is 0.0435. The third kappa shape index (κ3) is 4.89. The van der Waals surface area contributed by atoms with Crippen LogP contribution in [0.3, 0.4) is 0 Å². The van der Waals surface area contributed by atoms with Gasteiger partial charge in [0.2, 0.25) is 0 Å². The Hall–Kier alpha value is -3.72. The molecule has 7 nitrogen and oxygen atoms in total. The molecule has 1 amide bonds. The molecule has 31 heavy (non-hydrogen) atoms. The number of nitrogens with zero attached hydrogens (tertiary/aromatic N) is 1. The first-order valence-corrected chi connectivity index (χ1v) is 10.3. The van der Waals surface area contributed by atoms with Crippen LogP contribution >= 0.6 is 11.3 Å². The SMILES string of the molecule is O=C(Nc1cccc(-c2csc(Nc3ccc(C(O)O)c(O)c3)n2)c1)c1ccccc1. The normalized spacial score (nSPS) is 10.8. The van der Waals surface area contributed by atoms with Gasteiger partial charge in [-0.05, 0) is 36.4 Å². The van der Waals surface area contributed by atoms with Gasteiger partial charge in [0.05, 0.1) is 5.69 Å². The molecule has 156 valence electrons. The quantitative estimate of drug-likeness (QED) is 0.286. The Morgan fingerprint density at radius 1 is 0.935 bits per heavy atom. The average molecular weight is 433 g/mol. The molecular weight excluding hydrogens is 414 g/mol. The molecule has 1 heterocycles. The summed E-state index contributed by atoms with van der Waals surface area (Å²) in [5.74, 6) is -0.409. The molecule has 8 heteroatoms. The number of anilines is 3. The van der Waals surface area contributed by atoms with Crippen molar-refractivity contribution in [1.29, 1.82) is 0 Å². The number of rotatable bonds is 6. The predicted octanol–water partition coefficient (Wildman–Crippen LogP) is 4.49. The Kier molecular flexibility index (Phi) is 5.94. The molecule has 0 aliphatic carbocycles. The molecule has 3 aromatic carbocycles. The minimum atomic E-state index is -1.74. The summed E-state index contributed by atoms with van der Waals surface area (Å²) in [6.07, 6.45) is -1.74. The maximum Gasteiger partial charge on any atom is 0.255 e. The van der Waals surface area contributed by atoms with E-state index < -0.39 is 6.29 Å². The van der Waals surface area contributed by atoms with Gasteiger partial charge in [0, 0.05) is 39.5 Å². The molecule has 0 bridgehead atoms. The van der Waals surface area contributed by atoms with Crippen molar-refractivity contribution in [3.63, 3.8) is 0 Å². The highest BCUT2D eigenvalue weighted by atomic mass is 32.1. The lowest BCUT2D eigenvalue weighted by molar-refractivity contribution is -0.0438. The second kappa shape index (κ2) is 8.97. The van der Waals surface area contributed by atoms with Crippen molar-refractivity contribution in [1.82, 2.24) is 4.98 Å². The zero-order valence-electron chi connectivity index (χ0n) is 16.2. The smallest absolute Gasteiger partial charge is 0.255 e. The molecule has 5 N–H and O–H groups in total. The van der Waals surface area contributed by atoms with Crippen LogP contribution < -0.4 is 10.6 Å². The van der Waals surface area contributed by atoms with Crippen molar-refractivity contribution in [2.24, 2.45) is 0 Å². The largest absolute Gasteiger partial charge is 0.507 e. The standard InChI is InChI=1S/C23H19N3O4S/c27-20-12-17(9-10-18(20)22(29)30)25-23-26-19(13-31-23)15-7-4-8-16(11-15)24-21(28)14-5-2-1-3-6-14/h1-13,22,27,29-30H,(H,24,28)(H,25,26). The van der Waals surface area contributed by atoms with Gasteiger partial charge in [0.15, 0.2) is 11.4 Å². The molecule has 4 aromatic rings. The van der Waals surface area contributed by atoms with Gasteiger partial charge in [-0.3, -0.25) is 4.79 Å². The predicted molar refractivity (Wildman–Crippen MR) is 121 cm³/mol. The van der Waals surface area contributed by atoms with Gasteiger partial charge >= 0.3 is 0 Å². The highest BCUT2D eigenvalue weighted by molar-refractivity contribution is 7.14. The van der Waals surface area contributed by atoms with Crippen LogP contribution in [0.5, 0.6) is 5.75 Å². The molecular formula is C23H19N3O4S. The Balaban J connectivity index is 1.48. The highest BCUT2D eigenvalue weighted by Gasteiger charge is 2.11. The monoisotopic (exact) mass is 433 g/mol. The van der Waals surface area contributed by atoms with Crippen LogP contribution in [0.15, 0.2) is 78.2 Å². The third-order valence-electron chi connectivity index (χ3n) is 4.52. The van der Waals surface area contributed by atoms with Crippen LogP contribution in [0, 0.1) is 0 Å². The number of hydrogen-bond donors (Lipinski definition) is 5. The van der Waals surface area contributed by atoms with E-state index >= 15 is 0 Å². The molecule has 0 radical (unpaired) electrons. The average Bonchev–Trinajstić information content (AvgIpc) is 3.23. The minimum absolute atomic E-state index is 0.0275. The van der Waals surface area contributed by atoms with Crippen molar-refractivity contribution < 1.29 is 20.1 Å². The second-order valence-electron chi connectivity index (χ2n) is 6.71. The van der Waals surface area contributed by atoms with E-state index in [4.69, 9.17) is 0 Å². The summed E-state index contributed by atoms with van der Waals surface area (Å²) in [7, 11) is 0. The summed E-state index contributed by atoms with van der Waals surface area (Å²) < 4.78 is 0. The van der Waals surface area contributed by atoms with Crippen molar-refractivity contribution in [2.45, 2.75) is 6.29 Å². The van der Waals surface area contributed by atoms with Gasteiger partial charge in [0.1, 0.15) is 5.75 Å². The number of benzene rings is 3. The lowest BCUT2D eigenvalue weighted by Crippen LogP contribution is -2.11. The summed E-state index contributed by atoms with van der Waals surface area (Å²) in [6.45, 7) is 0. The fourth-order valence-electron chi connectivity index (χ4n) is 2.98. The summed E-state index contributed by atoms with van der Waals surface area (Å²) >= 11 is 1.38. The Morgan fingerprint density at radius 2 is 1.74 bits per heavy atom. The summed E-state index contributed by atoms with van der Waals surface area (Å²) in [5, 5.41) is 36.7. The Bertz CT molecular complexity index is 1210. The number of aromatic hydroxyl groups is 1. The van der Waals surface area contributed by atoms with Gasteiger partial charge in [-0.1, -0.05) is 30.3 Å².